The summed E-state index contributed by atoms with van der Waals surface area (Å²) in [5.41, 5.74) is 3.37. The topological polar surface area (TPSA) is 86.1 Å². The highest BCUT2D eigenvalue weighted by Crippen LogP contribution is 2.19. The van der Waals surface area contributed by atoms with Gasteiger partial charge in [-0.1, -0.05) is 6.07 Å². The van der Waals surface area contributed by atoms with E-state index in [-0.39, 0.29) is 5.91 Å². The Bertz CT molecular complexity index is 1040. The summed E-state index contributed by atoms with van der Waals surface area (Å²) in [7, 11) is 1.58. The van der Waals surface area contributed by atoms with Crippen molar-refractivity contribution in [2.24, 2.45) is 0 Å². The number of carbonyl (C=O) groups excluding carboxylic acids is 1. The molecule has 7 nitrogen and oxygen atoms in total. The molecule has 0 saturated heterocycles. The maximum absolute atomic E-state index is 12.6. The zero-order chi connectivity index (χ0) is 20.3. The van der Waals surface area contributed by atoms with Gasteiger partial charge in [0.05, 0.1) is 19.0 Å². The normalized spacial score (nSPS) is 11.7. The number of nitrogens with zero attached hydrogens (tertiary/aromatic N) is 3. The largest absolute Gasteiger partial charge is 0.497 e. The maximum Gasteiger partial charge on any atom is 0.365 e. The van der Waals surface area contributed by atoms with Crippen LogP contribution in [0.15, 0.2) is 53.5 Å². The summed E-state index contributed by atoms with van der Waals surface area (Å²) in [6.45, 7) is 5.53. The Morgan fingerprint density at radius 1 is 1.11 bits per heavy atom. The van der Waals surface area contributed by atoms with Crippen LogP contribution in [0.4, 0.5) is 5.69 Å². The van der Waals surface area contributed by atoms with Crippen molar-refractivity contribution < 1.29 is 9.53 Å². The molecule has 28 heavy (non-hydrogen) atoms. The van der Waals surface area contributed by atoms with Crippen LogP contribution < -0.4 is 15.7 Å². The smallest absolute Gasteiger partial charge is 0.365 e. The van der Waals surface area contributed by atoms with Crippen molar-refractivity contribution in [3.8, 4) is 17.0 Å². The number of benzene rings is 2. The third-order valence-electron chi connectivity index (χ3n) is 4.34. The summed E-state index contributed by atoms with van der Waals surface area (Å²) in [5, 5.41) is 6.97. The SMILES string of the molecule is COc1ccc(-c2cnn(C(C)C(=O)Nc3cc(C)cc(C)c3)c(=O)n2)cc1. The van der Waals surface area contributed by atoms with Crippen LogP contribution in [0.1, 0.15) is 24.1 Å². The number of anilines is 1. The van der Waals surface area contributed by atoms with Gasteiger partial charge in [0, 0.05) is 11.3 Å². The van der Waals surface area contributed by atoms with Crippen molar-refractivity contribution in [2.75, 3.05) is 12.4 Å². The van der Waals surface area contributed by atoms with Crippen molar-refractivity contribution >= 4 is 11.6 Å². The number of ether oxygens (including phenoxy) is 1. The second-order valence-electron chi connectivity index (χ2n) is 6.64. The lowest BCUT2D eigenvalue weighted by Gasteiger charge is -2.14. The lowest BCUT2D eigenvalue weighted by molar-refractivity contribution is -0.119. The summed E-state index contributed by atoms with van der Waals surface area (Å²) in [6, 6.07) is 12.1. The number of aromatic nitrogens is 3. The van der Waals surface area contributed by atoms with Gasteiger partial charge >= 0.3 is 5.69 Å². The summed E-state index contributed by atoms with van der Waals surface area (Å²) in [5.74, 6) is 0.375. The molecule has 144 valence electrons. The molecule has 0 radical (unpaired) electrons. The predicted octanol–water partition coefficient (Wildman–Crippen LogP) is 3.13. The zero-order valence-electron chi connectivity index (χ0n) is 16.3. The van der Waals surface area contributed by atoms with Crippen molar-refractivity contribution in [2.45, 2.75) is 26.8 Å². The van der Waals surface area contributed by atoms with Gasteiger partial charge in [-0.05, 0) is 68.3 Å². The first kappa shape index (κ1) is 19.3. The van der Waals surface area contributed by atoms with Crippen molar-refractivity contribution in [3.63, 3.8) is 0 Å². The third-order valence-corrected chi connectivity index (χ3v) is 4.34. The van der Waals surface area contributed by atoms with E-state index in [9.17, 15) is 9.59 Å². The molecular formula is C21H22N4O3. The van der Waals surface area contributed by atoms with Crippen LogP contribution in [0.5, 0.6) is 5.75 Å². The third kappa shape index (κ3) is 4.25. The minimum absolute atomic E-state index is 0.335. The van der Waals surface area contributed by atoms with Crippen LogP contribution in [-0.2, 0) is 4.79 Å². The van der Waals surface area contributed by atoms with E-state index in [1.165, 1.54) is 6.20 Å². The Morgan fingerprint density at radius 2 is 1.75 bits per heavy atom. The molecule has 1 aromatic heterocycles. The maximum atomic E-state index is 12.6. The Morgan fingerprint density at radius 3 is 2.32 bits per heavy atom. The first-order valence-electron chi connectivity index (χ1n) is 8.87. The van der Waals surface area contributed by atoms with Gasteiger partial charge in [0.15, 0.2) is 0 Å². The number of nitrogens with one attached hydrogen (secondary N) is 1. The van der Waals surface area contributed by atoms with Gasteiger partial charge in [-0.15, -0.1) is 0 Å². The number of rotatable bonds is 5. The van der Waals surface area contributed by atoms with E-state index in [0.717, 1.165) is 21.4 Å². The van der Waals surface area contributed by atoms with Gasteiger partial charge in [0.25, 0.3) is 0 Å². The summed E-state index contributed by atoms with van der Waals surface area (Å²) in [4.78, 5) is 29.1. The number of hydrogen-bond acceptors (Lipinski definition) is 5. The van der Waals surface area contributed by atoms with Gasteiger partial charge in [-0.25, -0.2) is 9.48 Å². The van der Waals surface area contributed by atoms with Crippen molar-refractivity contribution in [3.05, 3.63) is 70.3 Å². The molecule has 2 aromatic carbocycles. The number of amides is 1. The minimum Gasteiger partial charge on any atom is -0.497 e. The lowest BCUT2D eigenvalue weighted by Crippen LogP contribution is -2.34. The average Bonchev–Trinajstić information content (AvgIpc) is 2.66. The van der Waals surface area contributed by atoms with Crippen LogP contribution in [0.2, 0.25) is 0 Å². The van der Waals surface area contributed by atoms with E-state index >= 15 is 0 Å². The van der Waals surface area contributed by atoms with Crippen LogP contribution in [0, 0.1) is 13.8 Å². The van der Waals surface area contributed by atoms with Crippen LogP contribution in [0.25, 0.3) is 11.3 Å². The fourth-order valence-electron chi connectivity index (χ4n) is 2.92. The first-order valence-corrected chi connectivity index (χ1v) is 8.87. The Kier molecular flexibility index (Phi) is 5.54. The molecule has 0 saturated carbocycles. The molecule has 1 unspecified atom stereocenters. The van der Waals surface area contributed by atoms with E-state index in [4.69, 9.17) is 4.74 Å². The Balaban J connectivity index is 1.80. The van der Waals surface area contributed by atoms with Crippen LogP contribution >= 0.6 is 0 Å². The fraction of sp³-hybridized carbons (Fsp3) is 0.238. The second kappa shape index (κ2) is 8.04. The van der Waals surface area contributed by atoms with Crippen LogP contribution in [0.3, 0.4) is 0 Å². The van der Waals surface area contributed by atoms with E-state index in [0.29, 0.717) is 17.1 Å². The highest BCUT2D eigenvalue weighted by Gasteiger charge is 2.19. The molecule has 0 bridgehead atoms. The number of hydrogen-bond donors (Lipinski definition) is 1. The molecule has 0 aliphatic rings. The molecule has 3 rings (SSSR count). The molecular weight excluding hydrogens is 356 g/mol. The van der Waals surface area contributed by atoms with Gasteiger partial charge in [0.1, 0.15) is 11.8 Å². The minimum atomic E-state index is -0.800. The average molecular weight is 378 g/mol. The molecule has 0 aliphatic heterocycles. The molecule has 1 atom stereocenters. The van der Waals surface area contributed by atoms with E-state index < -0.39 is 11.7 Å². The quantitative estimate of drug-likeness (QED) is 0.737. The van der Waals surface area contributed by atoms with Gasteiger partial charge < -0.3 is 10.1 Å². The van der Waals surface area contributed by atoms with Gasteiger partial charge in [-0.3, -0.25) is 4.79 Å². The second-order valence-corrected chi connectivity index (χ2v) is 6.64. The predicted molar refractivity (Wildman–Crippen MR) is 108 cm³/mol. The first-order chi connectivity index (χ1) is 13.4. The van der Waals surface area contributed by atoms with Gasteiger partial charge in [0.2, 0.25) is 5.91 Å². The summed E-state index contributed by atoms with van der Waals surface area (Å²) < 4.78 is 6.20. The molecule has 0 fully saturated rings. The molecule has 1 N–H and O–H groups in total. The Hall–Kier alpha value is -3.48. The fourth-order valence-corrected chi connectivity index (χ4v) is 2.92. The molecule has 0 aliphatic carbocycles. The van der Waals surface area contributed by atoms with E-state index in [1.807, 2.05) is 32.0 Å². The van der Waals surface area contributed by atoms with Crippen LogP contribution in [-0.4, -0.2) is 27.8 Å². The van der Waals surface area contributed by atoms with Crippen molar-refractivity contribution in [1.82, 2.24) is 14.8 Å². The van der Waals surface area contributed by atoms with Gasteiger partial charge in [-0.2, -0.15) is 10.1 Å². The summed E-state index contributed by atoms with van der Waals surface area (Å²) >= 11 is 0. The molecule has 1 heterocycles. The summed E-state index contributed by atoms with van der Waals surface area (Å²) in [6.07, 6.45) is 1.48. The highest BCUT2D eigenvalue weighted by molar-refractivity contribution is 5.93. The molecule has 7 heteroatoms. The standard InChI is InChI=1S/C21H22N4O3/c1-13-9-14(2)11-17(10-13)23-20(26)15(3)25-21(27)24-19(12-22-25)16-5-7-18(28-4)8-6-16/h5-12,15H,1-4H3,(H,23,26). The van der Waals surface area contributed by atoms with E-state index in [1.54, 1.807) is 38.3 Å². The highest BCUT2D eigenvalue weighted by atomic mass is 16.5. The van der Waals surface area contributed by atoms with E-state index in [2.05, 4.69) is 15.4 Å². The monoisotopic (exact) mass is 378 g/mol. The zero-order valence-corrected chi connectivity index (χ0v) is 16.3. The van der Waals surface area contributed by atoms with Crippen molar-refractivity contribution in [1.29, 1.82) is 0 Å². The molecule has 1 amide bonds. The molecule has 0 spiro atoms. The number of methoxy groups -OCH3 is 1. The number of aryl methyl sites for hydroxylation is 2. The number of carbonyl (C=O) groups is 1. The Labute approximate surface area is 163 Å². The lowest BCUT2D eigenvalue weighted by atomic mass is 10.1. The molecule has 3 aromatic rings.